The molecule has 0 aliphatic rings. The number of hydrogen-bond donors (Lipinski definition) is 5. The van der Waals surface area contributed by atoms with Crippen LogP contribution in [0, 0.1) is 0 Å². The highest BCUT2D eigenvalue weighted by Crippen LogP contribution is 2.27. The SMILES string of the molecule is NCCc1c[nH]c2cccc(O)c12.O=C(O)/C=C/C(=O)O. The maximum atomic E-state index is 9.61. The van der Waals surface area contributed by atoms with E-state index in [1.807, 2.05) is 18.3 Å². The van der Waals surface area contributed by atoms with Gasteiger partial charge >= 0.3 is 11.9 Å². The van der Waals surface area contributed by atoms with Crippen molar-refractivity contribution in [1.29, 1.82) is 0 Å². The summed E-state index contributed by atoms with van der Waals surface area (Å²) >= 11 is 0. The van der Waals surface area contributed by atoms with Crippen LogP contribution < -0.4 is 5.73 Å². The first-order valence-corrected chi connectivity index (χ1v) is 6.07. The number of aromatic amines is 1. The molecule has 21 heavy (non-hydrogen) atoms. The van der Waals surface area contributed by atoms with Gasteiger partial charge in [0.15, 0.2) is 0 Å². The molecule has 0 aliphatic carbocycles. The molecule has 7 nitrogen and oxygen atoms in total. The molecule has 6 N–H and O–H groups in total. The van der Waals surface area contributed by atoms with Crippen LogP contribution >= 0.6 is 0 Å². The molecule has 0 saturated heterocycles. The Labute approximate surface area is 120 Å². The smallest absolute Gasteiger partial charge is 0.328 e. The predicted molar refractivity (Wildman–Crippen MR) is 77.1 cm³/mol. The number of nitrogens with one attached hydrogen (secondary N) is 1. The van der Waals surface area contributed by atoms with Crippen LogP contribution in [0.1, 0.15) is 5.56 Å². The minimum Gasteiger partial charge on any atom is -0.507 e. The predicted octanol–water partition coefficient (Wildman–Crippen LogP) is 1.09. The Kier molecular flexibility index (Phi) is 5.97. The Morgan fingerprint density at radius 3 is 2.33 bits per heavy atom. The van der Waals surface area contributed by atoms with E-state index in [9.17, 15) is 14.7 Å². The Balaban J connectivity index is 0.000000240. The fourth-order valence-electron chi connectivity index (χ4n) is 1.73. The Morgan fingerprint density at radius 2 is 1.81 bits per heavy atom. The number of phenols is 1. The highest BCUT2D eigenvalue weighted by molar-refractivity contribution is 5.90. The van der Waals surface area contributed by atoms with Crippen molar-refractivity contribution in [1.82, 2.24) is 4.98 Å². The zero-order chi connectivity index (χ0) is 15.8. The van der Waals surface area contributed by atoms with Gasteiger partial charge in [0.25, 0.3) is 0 Å². The summed E-state index contributed by atoms with van der Waals surface area (Å²) in [5.74, 6) is -2.19. The van der Waals surface area contributed by atoms with Crippen molar-refractivity contribution in [2.75, 3.05) is 6.54 Å². The molecule has 2 rings (SSSR count). The summed E-state index contributed by atoms with van der Waals surface area (Å²) < 4.78 is 0. The van der Waals surface area contributed by atoms with Crippen LogP contribution in [0.15, 0.2) is 36.5 Å². The number of phenolic OH excluding ortho intramolecular Hbond substituents is 1. The van der Waals surface area contributed by atoms with Crippen molar-refractivity contribution in [3.05, 3.63) is 42.1 Å². The average Bonchev–Trinajstić information content (AvgIpc) is 2.82. The van der Waals surface area contributed by atoms with Gasteiger partial charge in [-0.3, -0.25) is 0 Å². The van der Waals surface area contributed by atoms with Crippen LogP contribution in [0.2, 0.25) is 0 Å². The number of benzene rings is 1. The summed E-state index contributed by atoms with van der Waals surface area (Å²) in [5.41, 5.74) is 7.51. The molecule has 0 spiro atoms. The molecule has 0 fully saturated rings. The second-order valence-corrected chi connectivity index (χ2v) is 4.06. The van der Waals surface area contributed by atoms with Gasteiger partial charge in [0.1, 0.15) is 5.75 Å². The molecule has 0 unspecified atom stereocenters. The Morgan fingerprint density at radius 1 is 1.19 bits per heavy atom. The molecule has 0 aliphatic heterocycles. The van der Waals surface area contributed by atoms with E-state index >= 15 is 0 Å². The van der Waals surface area contributed by atoms with Crippen molar-refractivity contribution < 1.29 is 24.9 Å². The average molecular weight is 292 g/mol. The van der Waals surface area contributed by atoms with Crippen LogP contribution in [0.5, 0.6) is 5.75 Å². The van der Waals surface area contributed by atoms with E-state index < -0.39 is 11.9 Å². The van der Waals surface area contributed by atoms with Crippen LogP contribution in [0.25, 0.3) is 10.9 Å². The topological polar surface area (TPSA) is 137 Å². The maximum absolute atomic E-state index is 9.61. The molecule has 1 aromatic heterocycles. The highest BCUT2D eigenvalue weighted by Gasteiger charge is 2.05. The number of rotatable bonds is 4. The Hall–Kier alpha value is -2.80. The van der Waals surface area contributed by atoms with Crippen molar-refractivity contribution in [2.45, 2.75) is 6.42 Å². The summed E-state index contributed by atoms with van der Waals surface area (Å²) in [6, 6.07) is 5.45. The number of carboxylic acid groups (broad SMARTS) is 2. The van der Waals surface area contributed by atoms with E-state index in [-0.39, 0.29) is 0 Å². The third-order valence-corrected chi connectivity index (χ3v) is 2.55. The van der Waals surface area contributed by atoms with Gasteiger partial charge < -0.3 is 26.0 Å². The molecule has 7 heteroatoms. The van der Waals surface area contributed by atoms with E-state index in [1.165, 1.54) is 0 Å². The minimum absolute atomic E-state index is 0.321. The zero-order valence-corrected chi connectivity index (χ0v) is 11.1. The molecular weight excluding hydrogens is 276 g/mol. The summed E-state index contributed by atoms with van der Waals surface area (Å²) in [4.78, 5) is 22.2. The van der Waals surface area contributed by atoms with E-state index in [4.69, 9.17) is 15.9 Å². The zero-order valence-electron chi connectivity index (χ0n) is 11.1. The molecule has 1 aromatic carbocycles. The van der Waals surface area contributed by atoms with Gasteiger partial charge in [0, 0.05) is 29.3 Å². The third kappa shape index (κ3) is 5.00. The fraction of sp³-hybridized carbons (Fsp3) is 0.143. The van der Waals surface area contributed by atoms with E-state index in [1.54, 1.807) is 6.07 Å². The molecule has 2 aromatic rings. The van der Waals surface area contributed by atoms with Gasteiger partial charge in [-0.15, -0.1) is 0 Å². The van der Waals surface area contributed by atoms with Gasteiger partial charge in [-0.2, -0.15) is 0 Å². The first-order valence-electron chi connectivity index (χ1n) is 6.07. The number of aromatic nitrogens is 1. The Bertz CT molecular complexity index is 644. The van der Waals surface area contributed by atoms with E-state index in [2.05, 4.69) is 4.98 Å². The molecule has 0 radical (unpaired) electrons. The summed E-state index contributed by atoms with van der Waals surface area (Å²) in [7, 11) is 0. The van der Waals surface area contributed by atoms with Gasteiger partial charge in [-0.25, -0.2) is 9.59 Å². The second kappa shape index (κ2) is 7.71. The molecule has 0 amide bonds. The van der Waals surface area contributed by atoms with Crippen LogP contribution in [0.3, 0.4) is 0 Å². The number of carboxylic acids is 2. The summed E-state index contributed by atoms with van der Waals surface area (Å²) in [6.07, 6.45) is 3.81. The fourth-order valence-corrected chi connectivity index (χ4v) is 1.73. The third-order valence-electron chi connectivity index (χ3n) is 2.55. The number of carbonyl (C=O) groups is 2. The maximum Gasteiger partial charge on any atom is 0.328 e. The lowest BCUT2D eigenvalue weighted by molar-refractivity contribution is -0.134. The highest BCUT2D eigenvalue weighted by atomic mass is 16.4. The van der Waals surface area contributed by atoms with Crippen LogP contribution in [-0.4, -0.2) is 38.8 Å². The van der Waals surface area contributed by atoms with Gasteiger partial charge in [0.2, 0.25) is 0 Å². The quantitative estimate of drug-likeness (QED) is 0.535. The molecule has 0 bridgehead atoms. The molecule has 0 saturated carbocycles. The molecule has 112 valence electrons. The lowest BCUT2D eigenvalue weighted by Crippen LogP contribution is -2.01. The number of aliphatic carboxylic acids is 2. The van der Waals surface area contributed by atoms with Gasteiger partial charge in [-0.05, 0) is 30.7 Å². The normalized spacial score (nSPS) is 10.3. The summed E-state index contributed by atoms with van der Waals surface area (Å²) in [5, 5.41) is 26.1. The van der Waals surface area contributed by atoms with Gasteiger partial charge in [0.05, 0.1) is 0 Å². The first-order chi connectivity index (χ1) is 9.95. The van der Waals surface area contributed by atoms with Crippen LogP contribution in [-0.2, 0) is 16.0 Å². The van der Waals surface area contributed by atoms with Crippen molar-refractivity contribution in [3.8, 4) is 5.75 Å². The van der Waals surface area contributed by atoms with Crippen molar-refractivity contribution in [3.63, 3.8) is 0 Å². The number of nitrogens with two attached hydrogens (primary N) is 1. The molecule has 0 atom stereocenters. The number of H-pyrrole nitrogens is 1. The lowest BCUT2D eigenvalue weighted by atomic mass is 10.1. The number of aromatic hydroxyl groups is 1. The standard InChI is InChI=1S/C10H12N2O.C4H4O4/c11-5-4-7-6-12-8-2-1-3-9(13)10(7)8;5-3(6)1-2-4(7)8/h1-3,6,12-13H,4-5,11H2;1-2H,(H,5,6)(H,7,8)/b;2-1+. The van der Waals surface area contributed by atoms with E-state index in [0.29, 0.717) is 24.4 Å². The van der Waals surface area contributed by atoms with E-state index in [0.717, 1.165) is 22.9 Å². The van der Waals surface area contributed by atoms with Gasteiger partial charge in [-0.1, -0.05) is 6.07 Å². The summed E-state index contributed by atoms with van der Waals surface area (Å²) in [6.45, 7) is 0.598. The molecular formula is C14H16N2O5. The second-order valence-electron chi connectivity index (χ2n) is 4.06. The lowest BCUT2D eigenvalue weighted by Gasteiger charge is -1.98. The monoisotopic (exact) mass is 292 g/mol. The largest absolute Gasteiger partial charge is 0.507 e. The molecule has 1 heterocycles. The van der Waals surface area contributed by atoms with Crippen molar-refractivity contribution >= 4 is 22.8 Å². The van der Waals surface area contributed by atoms with Crippen LogP contribution in [0.4, 0.5) is 0 Å². The van der Waals surface area contributed by atoms with Crippen molar-refractivity contribution in [2.24, 2.45) is 5.73 Å². The number of fused-ring (bicyclic) bond motifs is 1. The minimum atomic E-state index is -1.26. The number of hydrogen-bond acceptors (Lipinski definition) is 4. The first kappa shape index (κ1) is 16.3.